The molecule has 0 saturated carbocycles. The van der Waals surface area contributed by atoms with Gasteiger partial charge in [0, 0.05) is 30.9 Å². The first-order valence-electron chi connectivity index (χ1n) is 12.3. The Bertz CT molecular complexity index is 1030. The largest absolute Gasteiger partial charge is 0.488 e. The van der Waals surface area contributed by atoms with E-state index >= 15 is 0 Å². The molecule has 1 heterocycles. The van der Waals surface area contributed by atoms with Crippen LogP contribution in [0.5, 0.6) is 5.75 Å². The number of carbonyl (C=O) groups excluding carboxylic acids is 2. The summed E-state index contributed by atoms with van der Waals surface area (Å²) in [5.41, 5.74) is 7.33. The lowest BCUT2D eigenvalue weighted by atomic mass is 9.86. The van der Waals surface area contributed by atoms with Crippen LogP contribution in [0.2, 0.25) is 5.02 Å². The Kier molecular flexibility index (Phi) is 11.8. The highest BCUT2D eigenvalue weighted by molar-refractivity contribution is 6.30. The molecule has 3 rings (SSSR count). The summed E-state index contributed by atoms with van der Waals surface area (Å²) in [5.74, 6) is 0.438. The summed E-state index contributed by atoms with van der Waals surface area (Å²) in [6.45, 7) is 10.4. The molecular formula is C29H37ClO5. The highest BCUT2D eigenvalue weighted by Crippen LogP contribution is 2.41. The second-order valence-corrected chi connectivity index (χ2v) is 8.85. The minimum absolute atomic E-state index is 0.211. The average Bonchev–Trinajstić information content (AvgIpc) is 2.95. The summed E-state index contributed by atoms with van der Waals surface area (Å²) in [5, 5.41) is 0.729. The van der Waals surface area contributed by atoms with Crippen molar-refractivity contribution in [2.24, 2.45) is 0 Å². The van der Waals surface area contributed by atoms with Gasteiger partial charge in [0.1, 0.15) is 12.4 Å². The molecule has 0 aliphatic carbocycles. The quantitative estimate of drug-likeness (QED) is 0.355. The molecule has 35 heavy (non-hydrogen) atoms. The van der Waals surface area contributed by atoms with E-state index < -0.39 is 0 Å². The highest BCUT2D eigenvalue weighted by atomic mass is 35.5. The Morgan fingerprint density at radius 2 is 1.60 bits per heavy atom. The van der Waals surface area contributed by atoms with E-state index in [9.17, 15) is 9.59 Å². The number of rotatable bonds is 8. The van der Waals surface area contributed by atoms with Crippen molar-refractivity contribution in [3.8, 4) is 5.75 Å². The fraction of sp³-hybridized carbons (Fsp3) is 0.448. The summed E-state index contributed by atoms with van der Waals surface area (Å²) < 4.78 is 15.7. The number of benzene rings is 2. The molecule has 0 saturated heterocycles. The number of hydrogen-bond acceptors (Lipinski definition) is 5. The van der Waals surface area contributed by atoms with Crippen molar-refractivity contribution in [3.05, 3.63) is 69.2 Å². The smallest absolute Gasteiger partial charge is 0.302 e. The molecule has 2 aromatic carbocycles. The van der Waals surface area contributed by atoms with Crippen LogP contribution in [-0.2, 0) is 32.1 Å². The van der Waals surface area contributed by atoms with Gasteiger partial charge in [0.2, 0.25) is 0 Å². The van der Waals surface area contributed by atoms with Crippen molar-refractivity contribution >= 4 is 29.1 Å². The molecule has 0 atom stereocenters. The Labute approximate surface area is 214 Å². The molecule has 0 bridgehead atoms. The zero-order valence-corrected chi connectivity index (χ0v) is 22.3. The van der Waals surface area contributed by atoms with Crippen molar-refractivity contribution < 1.29 is 23.8 Å². The molecule has 0 aromatic heterocycles. The molecule has 0 N–H and O–H groups in total. The Morgan fingerprint density at radius 1 is 0.914 bits per heavy atom. The Morgan fingerprint density at radius 3 is 2.17 bits per heavy atom. The molecule has 6 heteroatoms. The van der Waals surface area contributed by atoms with Gasteiger partial charge in [-0.05, 0) is 66.3 Å². The summed E-state index contributed by atoms with van der Waals surface area (Å²) in [6, 6.07) is 12.4. The van der Waals surface area contributed by atoms with Gasteiger partial charge in [0.05, 0.1) is 13.2 Å². The lowest BCUT2D eigenvalue weighted by molar-refractivity contribution is -0.141. The number of hydrogen-bond donors (Lipinski definition) is 0. The Balaban J connectivity index is 0.000000641. The van der Waals surface area contributed by atoms with Gasteiger partial charge in [0.15, 0.2) is 0 Å². The molecular weight excluding hydrogens is 464 g/mol. The Hall–Kier alpha value is -2.79. The van der Waals surface area contributed by atoms with Crippen LogP contribution in [0.3, 0.4) is 0 Å². The number of fused-ring (bicyclic) bond motifs is 2. The monoisotopic (exact) mass is 500 g/mol. The van der Waals surface area contributed by atoms with Crippen LogP contribution >= 0.6 is 11.6 Å². The van der Waals surface area contributed by atoms with Crippen LogP contribution in [0.1, 0.15) is 82.6 Å². The van der Waals surface area contributed by atoms with Gasteiger partial charge in [-0.25, -0.2) is 0 Å². The molecule has 0 radical (unpaired) electrons. The van der Waals surface area contributed by atoms with E-state index in [4.69, 9.17) is 21.1 Å². The summed E-state index contributed by atoms with van der Waals surface area (Å²) in [4.78, 5) is 20.9. The number of ether oxygens (including phenoxy) is 3. The van der Waals surface area contributed by atoms with E-state index in [0.29, 0.717) is 26.2 Å². The fourth-order valence-corrected chi connectivity index (χ4v) is 4.35. The van der Waals surface area contributed by atoms with Crippen LogP contribution in [0.25, 0.3) is 5.57 Å². The van der Waals surface area contributed by atoms with Crippen molar-refractivity contribution in [1.29, 1.82) is 0 Å². The molecule has 0 spiro atoms. The lowest BCUT2D eigenvalue weighted by Crippen LogP contribution is -2.04. The van der Waals surface area contributed by atoms with Gasteiger partial charge in [-0.3, -0.25) is 9.59 Å². The van der Waals surface area contributed by atoms with Gasteiger partial charge in [-0.2, -0.15) is 0 Å². The van der Waals surface area contributed by atoms with Crippen LogP contribution in [0.15, 0.2) is 42.0 Å². The van der Waals surface area contributed by atoms with Gasteiger partial charge in [0.25, 0.3) is 0 Å². The SMILES string of the molecule is CCCC(CCC)=C1c2ccc(Cl)cc2COc2ccc(CCOC(C)=O)cc21.CCOC(C)=O. The van der Waals surface area contributed by atoms with Crippen LogP contribution in [-0.4, -0.2) is 25.2 Å². The first-order chi connectivity index (χ1) is 16.8. The van der Waals surface area contributed by atoms with Gasteiger partial charge < -0.3 is 14.2 Å². The first kappa shape index (κ1) is 28.4. The maximum Gasteiger partial charge on any atom is 0.302 e. The lowest BCUT2D eigenvalue weighted by Gasteiger charge is -2.18. The van der Waals surface area contributed by atoms with Crippen molar-refractivity contribution in [1.82, 2.24) is 0 Å². The van der Waals surface area contributed by atoms with Crippen LogP contribution in [0.4, 0.5) is 0 Å². The average molecular weight is 501 g/mol. The van der Waals surface area contributed by atoms with E-state index in [1.165, 1.54) is 30.6 Å². The summed E-state index contributed by atoms with van der Waals surface area (Å²) in [6.07, 6.45) is 5.00. The number of esters is 2. The third-order valence-corrected chi connectivity index (χ3v) is 5.77. The van der Waals surface area contributed by atoms with E-state index in [1.54, 1.807) is 6.92 Å². The zero-order valence-electron chi connectivity index (χ0n) is 21.5. The minimum atomic E-state index is -0.248. The van der Waals surface area contributed by atoms with E-state index in [1.807, 2.05) is 18.2 Å². The van der Waals surface area contributed by atoms with E-state index in [-0.39, 0.29) is 11.9 Å². The van der Waals surface area contributed by atoms with Crippen LogP contribution < -0.4 is 4.74 Å². The maximum absolute atomic E-state index is 11.1. The third-order valence-electron chi connectivity index (χ3n) is 5.53. The maximum atomic E-state index is 11.1. The van der Waals surface area contributed by atoms with Gasteiger partial charge in [-0.1, -0.05) is 56.0 Å². The molecule has 190 valence electrons. The van der Waals surface area contributed by atoms with Gasteiger partial charge >= 0.3 is 11.9 Å². The predicted molar refractivity (Wildman–Crippen MR) is 141 cm³/mol. The predicted octanol–water partition coefficient (Wildman–Crippen LogP) is 7.31. The third kappa shape index (κ3) is 8.74. The van der Waals surface area contributed by atoms with Gasteiger partial charge in [-0.15, -0.1) is 0 Å². The molecule has 0 amide bonds. The van der Waals surface area contributed by atoms with Crippen molar-refractivity contribution in [2.45, 2.75) is 73.3 Å². The second kappa shape index (κ2) is 14.6. The molecule has 1 aliphatic heterocycles. The standard InChI is InChI=1S/C25H29ClO3.C4H8O2/c1-4-6-19(7-5-2)25-22-10-9-21(26)15-20(22)16-29-24-11-8-18(14-23(24)25)12-13-28-17(3)27;1-3-6-4(2)5/h8-11,14-15H,4-7,12-13,16H2,1-3H3;3H2,1-2H3. The molecule has 1 aliphatic rings. The van der Waals surface area contributed by atoms with E-state index in [2.05, 4.69) is 36.8 Å². The first-order valence-corrected chi connectivity index (χ1v) is 12.7. The molecule has 5 nitrogen and oxygen atoms in total. The fourth-order valence-electron chi connectivity index (χ4n) is 4.16. The van der Waals surface area contributed by atoms with E-state index in [0.717, 1.165) is 53.1 Å². The molecule has 2 aromatic rings. The number of allylic oxidation sites excluding steroid dienone is 1. The molecule has 0 unspecified atom stereocenters. The molecule has 0 fully saturated rings. The van der Waals surface area contributed by atoms with Crippen molar-refractivity contribution in [3.63, 3.8) is 0 Å². The highest BCUT2D eigenvalue weighted by Gasteiger charge is 2.22. The summed E-state index contributed by atoms with van der Waals surface area (Å²) in [7, 11) is 0. The topological polar surface area (TPSA) is 61.8 Å². The second-order valence-electron chi connectivity index (χ2n) is 8.41. The minimum Gasteiger partial charge on any atom is -0.488 e. The normalized spacial score (nSPS) is 11.7. The summed E-state index contributed by atoms with van der Waals surface area (Å²) >= 11 is 6.29. The number of carbonyl (C=O) groups is 2. The number of halogens is 1. The zero-order chi connectivity index (χ0) is 25.8. The van der Waals surface area contributed by atoms with Crippen molar-refractivity contribution in [2.75, 3.05) is 13.2 Å². The van der Waals surface area contributed by atoms with Crippen LogP contribution in [0, 0.1) is 0 Å².